The number of hydrogen-bond donors (Lipinski definition) is 1. The first-order chi connectivity index (χ1) is 15.8. The summed E-state index contributed by atoms with van der Waals surface area (Å²) in [5.74, 6) is -0.0901. The smallest absolute Gasteiger partial charge is 0.444 e. The molecule has 7 nitrogen and oxygen atoms in total. The van der Waals surface area contributed by atoms with Crippen LogP contribution in [0, 0.1) is 11.8 Å². The molecule has 1 saturated heterocycles. The number of halogens is 3. The van der Waals surface area contributed by atoms with Crippen molar-refractivity contribution < 1.29 is 35.3 Å². The van der Waals surface area contributed by atoms with Crippen LogP contribution < -0.4 is 9.50 Å². The Labute approximate surface area is 206 Å². The van der Waals surface area contributed by atoms with Gasteiger partial charge in [-0.2, -0.15) is 21.6 Å². The molecule has 0 radical (unpaired) electrons. The van der Waals surface area contributed by atoms with Crippen LogP contribution in [0.4, 0.5) is 18.0 Å². The number of alkyl carbamates (subject to hydrolysis) is 1. The van der Waals surface area contributed by atoms with E-state index in [-0.39, 0.29) is 23.6 Å². The Morgan fingerprint density at radius 3 is 2.40 bits per heavy atom. The van der Waals surface area contributed by atoms with Gasteiger partial charge in [-0.05, 0) is 68.7 Å². The Hall–Kier alpha value is -2.01. The van der Waals surface area contributed by atoms with E-state index in [2.05, 4.69) is 21.3 Å². The van der Waals surface area contributed by atoms with Crippen molar-refractivity contribution in [3.63, 3.8) is 0 Å². The van der Waals surface area contributed by atoms with Gasteiger partial charge in [0, 0.05) is 19.1 Å². The van der Waals surface area contributed by atoms with Gasteiger partial charge in [-0.25, -0.2) is 4.79 Å². The monoisotopic (exact) mass is 522 g/mol. The van der Waals surface area contributed by atoms with Crippen molar-refractivity contribution in [2.24, 2.45) is 11.8 Å². The lowest BCUT2D eigenvalue weighted by molar-refractivity contribution is -0.0500. The van der Waals surface area contributed by atoms with Gasteiger partial charge in [0.1, 0.15) is 11.4 Å². The van der Waals surface area contributed by atoms with E-state index < -0.39 is 32.7 Å². The van der Waals surface area contributed by atoms with E-state index in [0.717, 1.165) is 0 Å². The molecule has 1 aliphatic heterocycles. The molecule has 0 spiro atoms. The van der Waals surface area contributed by atoms with Gasteiger partial charge in [-0.15, -0.1) is 0 Å². The Morgan fingerprint density at radius 1 is 1.26 bits per heavy atom. The Balaban J connectivity index is 2.11. The van der Waals surface area contributed by atoms with E-state index in [9.17, 15) is 26.4 Å². The molecule has 1 fully saturated rings. The Kier molecular flexibility index (Phi) is 8.80. The van der Waals surface area contributed by atoms with Crippen molar-refractivity contribution in [3.8, 4) is 5.75 Å². The minimum absolute atomic E-state index is 0.0973. The van der Waals surface area contributed by atoms with Crippen LogP contribution in [0.1, 0.15) is 60.5 Å². The van der Waals surface area contributed by atoms with E-state index in [0.29, 0.717) is 31.6 Å². The minimum atomic E-state index is -5.74. The molecule has 0 saturated carbocycles. The van der Waals surface area contributed by atoms with E-state index in [4.69, 9.17) is 4.74 Å². The highest BCUT2D eigenvalue weighted by atomic mass is 32.2. The number of nitrogens with zero attached hydrogens (tertiary/aromatic N) is 1. The van der Waals surface area contributed by atoms with Crippen LogP contribution in [0.2, 0.25) is 0 Å². The molecule has 3 atom stereocenters. The number of rotatable bonds is 7. The predicted octanol–water partition coefficient (Wildman–Crippen LogP) is 5.06. The summed E-state index contributed by atoms with van der Waals surface area (Å²) in [4.78, 5) is 14.5. The number of likely N-dealkylation sites (tertiary alicyclic amines) is 1. The number of benzene rings is 1. The lowest BCUT2D eigenvalue weighted by atomic mass is 9.68. The zero-order chi connectivity index (χ0) is 26.8. The van der Waals surface area contributed by atoms with Crippen LogP contribution in [0.5, 0.6) is 5.75 Å². The van der Waals surface area contributed by atoms with Gasteiger partial charge < -0.3 is 19.1 Å². The molecule has 35 heavy (non-hydrogen) atoms. The van der Waals surface area contributed by atoms with E-state index >= 15 is 0 Å². The normalized spacial score (nSPS) is 23.1. The highest BCUT2D eigenvalue weighted by Crippen LogP contribution is 2.41. The molecule has 1 N–H and O–H groups in total. The second-order valence-electron chi connectivity index (χ2n) is 10.8. The number of nitrogens with one attached hydrogen (secondary N) is 1. The maximum Gasteiger partial charge on any atom is 0.534 e. The summed E-state index contributed by atoms with van der Waals surface area (Å²) >= 11 is 0. The van der Waals surface area contributed by atoms with Gasteiger partial charge in [-0.1, -0.05) is 39.8 Å². The van der Waals surface area contributed by atoms with Gasteiger partial charge >= 0.3 is 21.7 Å². The summed E-state index contributed by atoms with van der Waals surface area (Å²) in [6.07, 6.45) is 0.234. The molecule has 0 bridgehead atoms. The molecule has 1 amide bonds. The van der Waals surface area contributed by atoms with Crippen LogP contribution in [0.15, 0.2) is 24.3 Å². The maximum absolute atomic E-state index is 12.7. The summed E-state index contributed by atoms with van der Waals surface area (Å²) in [6, 6.07) is 5.73. The average molecular weight is 523 g/mol. The number of ether oxygens (including phenoxy) is 1. The first-order valence-corrected chi connectivity index (χ1v) is 13.1. The van der Waals surface area contributed by atoms with E-state index in [1.165, 1.54) is 18.2 Å². The van der Waals surface area contributed by atoms with Crippen LogP contribution >= 0.6 is 0 Å². The van der Waals surface area contributed by atoms with Crippen molar-refractivity contribution in [1.29, 1.82) is 0 Å². The molecule has 200 valence electrons. The van der Waals surface area contributed by atoms with Crippen LogP contribution in [0.3, 0.4) is 0 Å². The second-order valence-corrected chi connectivity index (χ2v) is 12.4. The predicted molar refractivity (Wildman–Crippen MR) is 128 cm³/mol. The first-order valence-electron chi connectivity index (χ1n) is 11.7. The van der Waals surface area contributed by atoms with E-state index in [1.807, 2.05) is 41.5 Å². The zero-order valence-electron chi connectivity index (χ0n) is 21.4. The quantitative estimate of drug-likeness (QED) is 0.398. The number of carbonyl (C=O) groups is 1. The summed E-state index contributed by atoms with van der Waals surface area (Å²) < 4.78 is 70.7. The molecule has 0 aliphatic carbocycles. The highest BCUT2D eigenvalue weighted by Gasteiger charge is 2.48. The van der Waals surface area contributed by atoms with Gasteiger partial charge in [0.2, 0.25) is 0 Å². The molecule has 0 aromatic heterocycles. The molecular formula is C24H37F3N2O5S. The number of piperidine rings is 1. The number of amides is 1. The van der Waals surface area contributed by atoms with Crippen LogP contribution in [-0.2, 0) is 20.3 Å². The fourth-order valence-electron chi connectivity index (χ4n) is 4.15. The van der Waals surface area contributed by atoms with Crippen molar-refractivity contribution in [2.45, 2.75) is 77.5 Å². The number of alkyl halides is 3. The van der Waals surface area contributed by atoms with Crippen LogP contribution in [0.25, 0.3) is 0 Å². The van der Waals surface area contributed by atoms with Gasteiger partial charge in [0.25, 0.3) is 0 Å². The van der Waals surface area contributed by atoms with Crippen LogP contribution in [-0.4, -0.2) is 56.2 Å². The molecule has 2 rings (SSSR count). The molecular weight excluding hydrogens is 485 g/mol. The summed E-state index contributed by atoms with van der Waals surface area (Å²) in [6.45, 7) is 15.6. The third-order valence-corrected chi connectivity index (χ3v) is 7.49. The fourth-order valence-corrected chi connectivity index (χ4v) is 4.60. The van der Waals surface area contributed by atoms with Crippen molar-refractivity contribution in [2.75, 3.05) is 19.6 Å². The van der Waals surface area contributed by atoms with Crippen molar-refractivity contribution >= 4 is 16.2 Å². The number of carbonyl (C=O) groups excluding carboxylic acids is 1. The van der Waals surface area contributed by atoms with Crippen molar-refractivity contribution in [3.05, 3.63) is 29.8 Å². The summed E-state index contributed by atoms with van der Waals surface area (Å²) in [5, 5.41) is 2.96. The topological polar surface area (TPSA) is 84.9 Å². The molecule has 1 aromatic rings. The Morgan fingerprint density at radius 2 is 1.89 bits per heavy atom. The zero-order valence-corrected chi connectivity index (χ0v) is 22.2. The molecule has 1 heterocycles. The first kappa shape index (κ1) is 29.2. The summed E-state index contributed by atoms with van der Waals surface area (Å²) in [7, 11) is -5.74. The molecule has 0 unspecified atom stereocenters. The maximum atomic E-state index is 12.7. The lowest BCUT2D eigenvalue weighted by Gasteiger charge is -2.46. The van der Waals surface area contributed by atoms with E-state index in [1.54, 1.807) is 6.07 Å². The average Bonchev–Trinajstić information content (AvgIpc) is 2.68. The SMILES string of the molecule is CC(C)[C@@H](CN1CC[C@@](C)(c2cccc(OS(=O)(=O)C(F)(F)F)c2)[C@@H](C)C1)NC(=O)OC(C)(C)C. The largest absolute Gasteiger partial charge is 0.534 e. The molecule has 1 aromatic carbocycles. The van der Waals surface area contributed by atoms with Gasteiger partial charge in [0.15, 0.2) is 0 Å². The standard InChI is InChI=1S/C24H37F3N2O5S/c1-16(2)20(28-21(30)33-22(4,5)6)15-29-12-11-23(7,17(3)14-29)18-9-8-10-19(13-18)34-35(31,32)24(25,26)27/h8-10,13,16-17,20H,11-12,14-15H2,1-7H3,(H,28,30)/t17-,20+,23+/m0/s1. The Bertz CT molecular complexity index is 992. The van der Waals surface area contributed by atoms with Crippen molar-refractivity contribution in [1.82, 2.24) is 10.2 Å². The molecule has 11 heteroatoms. The molecule has 1 aliphatic rings. The summed E-state index contributed by atoms with van der Waals surface area (Å²) in [5.41, 5.74) is -5.77. The minimum Gasteiger partial charge on any atom is -0.444 e. The van der Waals surface area contributed by atoms with Gasteiger partial charge in [0.05, 0.1) is 0 Å². The highest BCUT2D eigenvalue weighted by molar-refractivity contribution is 7.88. The third-order valence-electron chi connectivity index (χ3n) is 6.51. The fraction of sp³-hybridized carbons (Fsp3) is 0.708. The lowest BCUT2D eigenvalue weighted by Crippen LogP contribution is -2.53. The number of hydrogen-bond acceptors (Lipinski definition) is 6. The van der Waals surface area contributed by atoms with Gasteiger partial charge in [-0.3, -0.25) is 0 Å². The third kappa shape index (κ3) is 7.73. The second kappa shape index (κ2) is 10.5.